The molecule has 1 fully saturated rings. The molecular weight excluding hydrogens is 408 g/mol. The first-order chi connectivity index (χ1) is 14.5. The minimum absolute atomic E-state index is 0.159. The van der Waals surface area contributed by atoms with E-state index in [0.29, 0.717) is 18.7 Å². The van der Waals surface area contributed by atoms with Crippen LogP contribution in [0.3, 0.4) is 0 Å². The van der Waals surface area contributed by atoms with Gasteiger partial charge in [0.1, 0.15) is 6.04 Å². The number of rotatable bonds is 12. The summed E-state index contributed by atoms with van der Waals surface area (Å²) in [6, 6.07) is 4.81. The second-order valence-electron chi connectivity index (χ2n) is 7.07. The summed E-state index contributed by atoms with van der Waals surface area (Å²) in [4.78, 5) is 37.8. The molecule has 30 heavy (non-hydrogen) atoms. The van der Waals surface area contributed by atoms with Gasteiger partial charge in [0.25, 0.3) is 11.6 Å². The Hall–Kier alpha value is -2.17. The lowest BCUT2D eigenvalue weighted by atomic mass is 10.1. The van der Waals surface area contributed by atoms with E-state index in [2.05, 4.69) is 15.5 Å². The summed E-state index contributed by atoms with van der Waals surface area (Å²) in [5, 5.41) is 16.5. The fourth-order valence-electron chi connectivity index (χ4n) is 3.13. The number of hydrogen-bond acceptors (Lipinski definition) is 7. The number of carbonyl (C=O) groups is 2. The Kier molecular flexibility index (Phi) is 10.6. The normalized spacial score (nSPS) is 15.4. The van der Waals surface area contributed by atoms with Crippen molar-refractivity contribution in [1.29, 1.82) is 0 Å². The molecule has 1 heterocycles. The molecule has 2 rings (SSSR count). The molecule has 1 aromatic carbocycles. The first-order valence-corrected chi connectivity index (χ1v) is 11.5. The van der Waals surface area contributed by atoms with Gasteiger partial charge in [-0.2, -0.15) is 11.8 Å². The van der Waals surface area contributed by atoms with E-state index in [1.54, 1.807) is 11.8 Å². The zero-order chi connectivity index (χ0) is 21.8. The largest absolute Gasteiger partial charge is 0.379 e. The van der Waals surface area contributed by atoms with E-state index in [9.17, 15) is 19.7 Å². The number of unbranched alkanes of at least 4 members (excludes halogenated alkanes) is 1. The first kappa shape index (κ1) is 24.1. The van der Waals surface area contributed by atoms with Crippen LogP contribution in [0.1, 0.15) is 29.6 Å². The smallest absolute Gasteiger partial charge is 0.270 e. The highest BCUT2D eigenvalue weighted by Crippen LogP contribution is 2.13. The fraction of sp³-hybridized carbons (Fsp3) is 0.600. The van der Waals surface area contributed by atoms with E-state index >= 15 is 0 Å². The third-order valence-electron chi connectivity index (χ3n) is 4.86. The Morgan fingerprint density at radius 2 is 2.07 bits per heavy atom. The molecule has 9 nitrogen and oxygen atoms in total. The van der Waals surface area contributed by atoms with Gasteiger partial charge in [-0.15, -0.1) is 0 Å². The van der Waals surface area contributed by atoms with Gasteiger partial charge < -0.3 is 15.4 Å². The lowest BCUT2D eigenvalue weighted by Crippen LogP contribution is -2.47. The predicted octanol–water partition coefficient (Wildman–Crippen LogP) is 1.67. The monoisotopic (exact) mass is 438 g/mol. The lowest BCUT2D eigenvalue weighted by molar-refractivity contribution is -0.384. The van der Waals surface area contributed by atoms with Crippen molar-refractivity contribution >= 4 is 29.3 Å². The van der Waals surface area contributed by atoms with Crippen LogP contribution < -0.4 is 10.6 Å². The van der Waals surface area contributed by atoms with Gasteiger partial charge in [-0.25, -0.2) is 0 Å². The second kappa shape index (κ2) is 13.2. The topological polar surface area (TPSA) is 114 Å². The minimum Gasteiger partial charge on any atom is -0.379 e. The number of thioether (sulfide) groups is 1. The summed E-state index contributed by atoms with van der Waals surface area (Å²) in [6.07, 6.45) is 4.26. The maximum atomic E-state index is 12.6. The number of nitro groups is 1. The lowest BCUT2D eigenvalue weighted by Gasteiger charge is -2.26. The van der Waals surface area contributed by atoms with Crippen LogP contribution in [0, 0.1) is 10.1 Å². The third kappa shape index (κ3) is 8.29. The van der Waals surface area contributed by atoms with Crippen LogP contribution in [-0.2, 0) is 9.53 Å². The number of morpholine rings is 1. The highest BCUT2D eigenvalue weighted by molar-refractivity contribution is 7.98. The number of hydrogen-bond donors (Lipinski definition) is 2. The van der Waals surface area contributed by atoms with Crippen LogP contribution in [0.4, 0.5) is 5.69 Å². The first-order valence-electron chi connectivity index (χ1n) is 10.1. The van der Waals surface area contributed by atoms with Crippen LogP contribution in [0.25, 0.3) is 0 Å². The molecule has 10 heteroatoms. The summed E-state index contributed by atoms with van der Waals surface area (Å²) in [5.41, 5.74) is 0.00435. The van der Waals surface area contributed by atoms with Crippen molar-refractivity contribution in [3.63, 3.8) is 0 Å². The maximum absolute atomic E-state index is 12.6. The molecule has 166 valence electrons. The standard InChI is InChI=1S/C20H30N4O5S/c1-30-14-7-18(22-19(25)16-5-4-6-17(15-16)24(27)28)20(26)21-8-2-3-9-23-10-12-29-13-11-23/h4-6,15,18H,2-3,7-14H2,1H3,(H,21,26)(H,22,25). The third-order valence-corrected chi connectivity index (χ3v) is 5.50. The van der Waals surface area contributed by atoms with Crippen LogP contribution in [0.5, 0.6) is 0 Å². The molecule has 2 N–H and O–H groups in total. The summed E-state index contributed by atoms with van der Waals surface area (Å²) in [5.74, 6) is -0.00822. The quantitative estimate of drug-likeness (QED) is 0.290. The second-order valence-corrected chi connectivity index (χ2v) is 8.05. The Morgan fingerprint density at radius 3 is 2.77 bits per heavy atom. The Bertz CT molecular complexity index is 712. The molecule has 1 unspecified atom stereocenters. The highest BCUT2D eigenvalue weighted by Gasteiger charge is 2.22. The number of nitro benzene ring substituents is 1. The Morgan fingerprint density at radius 1 is 1.30 bits per heavy atom. The molecule has 0 bridgehead atoms. The van der Waals surface area contributed by atoms with E-state index in [1.807, 2.05) is 6.26 Å². The molecule has 2 amide bonds. The van der Waals surface area contributed by atoms with Gasteiger partial charge in [0.05, 0.1) is 18.1 Å². The number of amides is 2. The zero-order valence-electron chi connectivity index (χ0n) is 17.3. The van der Waals surface area contributed by atoms with E-state index < -0.39 is 16.9 Å². The van der Waals surface area contributed by atoms with Crippen molar-refractivity contribution < 1.29 is 19.2 Å². The zero-order valence-corrected chi connectivity index (χ0v) is 18.1. The fourth-order valence-corrected chi connectivity index (χ4v) is 3.60. The average molecular weight is 439 g/mol. The molecule has 1 atom stereocenters. The Balaban J connectivity index is 1.81. The summed E-state index contributed by atoms with van der Waals surface area (Å²) >= 11 is 1.59. The number of non-ortho nitro benzene ring substituents is 1. The molecule has 1 aliphatic heterocycles. The van der Waals surface area contributed by atoms with Crippen LogP contribution in [0.15, 0.2) is 24.3 Å². The molecule has 0 aliphatic carbocycles. The average Bonchev–Trinajstić information content (AvgIpc) is 2.76. The summed E-state index contributed by atoms with van der Waals surface area (Å²) in [7, 11) is 0. The van der Waals surface area contributed by atoms with E-state index in [0.717, 1.165) is 45.7 Å². The molecule has 1 saturated heterocycles. The van der Waals surface area contributed by atoms with Gasteiger partial charge >= 0.3 is 0 Å². The van der Waals surface area contributed by atoms with Gasteiger partial charge in [0.2, 0.25) is 5.91 Å². The number of nitrogens with one attached hydrogen (secondary N) is 2. The summed E-state index contributed by atoms with van der Waals surface area (Å²) < 4.78 is 5.33. The van der Waals surface area contributed by atoms with E-state index in [-0.39, 0.29) is 17.2 Å². The molecule has 1 aliphatic rings. The minimum atomic E-state index is -0.677. The van der Waals surface area contributed by atoms with Gasteiger partial charge in [0, 0.05) is 37.3 Å². The predicted molar refractivity (Wildman–Crippen MR) is 117 cm³/mol. The number of benzene rings is 1. The van der Waals surface area contributed by atoms with Crippen molar-refractivity contribution in [1.82, 2.24) is 15.5 Å². The summed E-state index contributed by atoms with van der Waals surface area (Å²) in [6.45, 7) is 4.99. The molecule has 0 spiro atoms. The van der Waals surface area contributed by atoms with Crippen molar-refractivity contribution in [2.45, 2.75) is 25.3 Å². The number of carbonyl (C=O) groups excluding carboxylic acids is 2. The van der Waals surface area contributed by atoms with E-state index in [1.165, 1.54) is 24.3 Å². The maximum Gasteiger partial charge on any atom is 0.270 e. The molecular formula is C20H30N4O5S. The molecule has 0 radical (unpaired) electrons. The molecule has 0 aromatic heterocycles. The van der Waals surface area contributed by atoms with Gasteiger partial charge in [-0.05, 0) is 43.9 Å². The number of ether oxygens (including phenoxy) is 1. The van der Waals surface area contributed by atoms with Gasteiger partial charge in [0.15, 0.2) is 0 Å². The van der Waals surface area contributed by atoms with Crippen molar-refractivity contribution in [2.75, 3.05) is 51.4 Å². The van der Waals surface area contributed by atoms with Crippen molar-refractivity contribution in [3.8, 4) is 0 Å². The highest BCUT2D eigenvalue weighted by atomic mass is 32.2. The SMILES string of the molecule is CSCCC(NC(=O)c1cccc([N+](=O)[O-])c1)C(=O)NCCCCN1CCOCC1. The van der Waals surface area contributed by atoms with Crippen molar-refractivity contribution in [3.05, 3.63) is 39.9 Å². The number of nitrogens with zero attached hydrogens (tertiary/aromatic N) is 2. The molecule has 1 aromatic rings. The molecule has 0 saturated carbocycles. The van der Waals surface area contributed by atoms with Crippen molar-refractivity contribution in [2.24, 2.45) is 0 Å². The van der Waals surface area contributed by atoms with Crippen LogP contribution in [-0.4, -0.2) is 79.1 Å². The Labute approximate surface area is 181 Å². The van der Waals surface area contributed by atoms with Crippen LogP contribution in [0.2, 0.25) is 0 Å². The van der Waals surface area contributed by atoms with Gasteiger partial charge in [-0.1, -0.05) is 6.07 Å². The van der Waals surface area contributed by atoms with Crippen LogP contribution >= 0.6 is 11.8 Å². The van der Waals surface area contributed by atoms with Gasteiger partial charge in [-0.3, -0.25) is 24.6 Å². The van der Waals surface area contributed by atoms with E-state index in [4.69, 9.17) is 4.74 Å².